The highest BCUT2D eigenvalue weighted by atomic mass is 16.6. The molecule has 0 fully saturated rings. The Bertz CT molecular complexity index is 808. The van der Waals surface area contributed by atoms with Crippen molar-refractivity contribution in [1.29, 1.82) is 0 Å². The van der Waals surface area contributed by atoms with Gasteiger partial charge in [-0.05, 0) is 25.0 Å². The minimum Gasteiger partial charge on any atom is -0.480 e. The number of aliphatic imine (C=N–C) groups is 1. The summed E-state index contributed by atoms with van der Waals surface area (Å²) in [5.41, 5.74) is 22.0. The molecular weight excluding hydrogens is 392 g/mol. The maximum absolute atomic E-state index is 10.2. The standard InChI is InChI=1S/C7H6O.C6H14N4O2.C6H6N2O2/c8-6-7-4-2-1-3-5-7;7-4(5(11)12)2-1-3-10-6(8)9;7-5-1-3-6(4-2-5)8(9)10/h1-6H;4H,1-3,7H2,(H,11,12)(H4,8,9,10);1-4H,7H2/t;4-;/m.0./s1. The van der Waals surface area contributed by atoms with Gasteiger partial charge in [0.1, 0.15) is 12.3 Å². The highest BCUT2D eigenvalue weighted by Gasteiger charge is 2.09. The zero-order valence-electron chi connectivity index (χ0n) is 16.3. The molecule has 2 aromatic rings. The molecule has 1 atom stereocenters. The van der Waals surface area contributed by atoms with Crippen molar-refractivity contribution in [2.45, 2.75) is 18.9 Å². The van der Waals surface area contributed by atoms with Gasteiger partial charge in [-0.2, -0.15) is 0 Å². The first kappa shape index (κ1) is 26.0. The summed E-state index contributed by atoms with van der Waals surface area (Å²) in [6.07, 6.45) is 1.79. The molecule has 0 aliphatic heterocycles. The number of nitrogens with zero attached hydrogens (tertiary/aromatic N) is 2. The van der Waals surface area contributed by atoms with Gasteiger partial charge in [0.15, 0.2) is 5.96 Å². The molecule has 0 radical (unpaired) electrons. The maximum Gasteiger partial charge on any atom is 0.320 e. The van der Waals surface area contributed by atoms with Crippen molar-refractivity contribution in [3.05, 3.63) is 70.3 Å². The number of aldehydes is 1. The van der Waals surface area contributed by atoms with E-state index < -0.39 is 16.9 Å². The fourth-order valence-corrected chi connectivity index (χ4v) is 1.77. The van der Waals surface area contributed by atoms with E-state index in [2.05, 4.69) is 4.99 Å². The van der Waals surface area contributed by atoms with Crippen LogP contribution in [0.4, 0.5) is 11.4 Å². The molecule has 2 rings (SSSR count). The number of carbonyl (C=O) groups is 2. The van der Waals surface area contributed by atoms with Crippen LogP contribution in [0.2, 0.25) is 0 Å². The number of nitro benzene ring substituents is 1. The average molecular weight is 418 g/mol. The Balaban J connectivity index is 0.000000428. The molecule has 0 bridgehead atoms. The Morgan fingerprint density at radius 3 is 2.10 bits per heavy atom. The first-order chi connectivity index (χ1) is 14.2. The van der Waals surface area contributed by atoms with Gasteiger partial charge in [0, 0.05) is 29.9 Å². The van der Waals surface area contributed by atoms with Crippen LogP contribution in [0.15, 0.2) is 59.6 Å². The Hall–Kier alpha value is -3.99. The Morgan fingerprint density at radius 1 is 1.13 bits per heavy atom. The lowest BCUT2D eigenvalue weighted by atomic mass is 10.2. The van der Waals surface area contributed by atoms with Gasteiger partial charge in [-0.25, -0.2) is 0 Å². The van der Waals surface area contributed by atoms with Crippen molar-refractivity contribution in [1.82, 2.24) is 0 Å². The Labute approximate surface area is 173 Å². The van der Waals surface area contributed by atoms with Crippen LogP contribution >= 0.6 is 0 Å². The van der Waals surface area contributed by atoms with Crippen LogP contribution in [0.25, 0.3) is 0 Å². The molecule has 9 N–H and O–H groups in total. The van der Waals surface area contributed by atoms with E-state index in [9.17, 15) is 19.7 Å². The van der Waals surface area contributed by atoms with E-state index in [0.717, 1.165) is 11.8 Å². The molecule has 0 aromatic heterocycles. The summed E-state index contributed by atoms with van der Waals surface area (Å²) in [6, 6.07) is 14.0. The van der Waals surface area contributed by atoms with Gasteiger partial charge in [-0.1, -0.05) is 30.3 Å². The van der Waals surface area contributed by atoms with Crippen molar-refractivity contribution in [3.63, 3.8) is 0 Å². The summed E-state index contributed by atoms with van der Waals surface area (Å²) in [7, 11) is 0. The number of nitrogens with two attached hydrogens (primary N) is 4. The predicted octanol–water partition coefficient (Wildman–Crippen LogP) is 1.13. The minimum atomic E-state index is -1.00. The van der Waals surface area contributed by atoms with Crippen LogP contribution in [0, 0.1) is 10.1 Å². The second-order valence-corrected chi connectivity index (χ2v) is 5.77. The number of carboxylic acids is 1. The molecule has 0 aliphatic carbocycles. The van der Waals surface area contributed by atoms with Gasteiger partial charge in [0.25, 0.3) is 5.69 Å². The van der Waals surface area contributed by atoms with Crippen LogP contribution in [-0.4, -0.2) is 40.8 Å². The van der Waals surface area contributed by atoms with E-state index in [1.165, 1.54) is 24.3 Å². The van der Waals surface area contributed by atoms with Crippen molar-refractivity contribution >= 4 is 29.6 Å². The van der Waals surface area contributed by atoms with Crippen molar-refractivity contribution in [2.24, 2.45) is 22.2 Å². The molecule has 162 valence electrons. The number of anilines is 1. The van der Waals surface area contributed by atoms with E-state index in [1.807, 2.05) is 18.2 Å². The summed E-state index contributed by atoms with van der Waals surface area (Å²) in [6.45, 7) is 0.420. The summed E-state index contributed by atoms with van der Waals surface area (Å²) in [5, 5.41) is 18.5. The smallest absolute Gasteiger partial charge is 0.320 e. The second kappa shape index (κ2) is 15.0. The number of carboxylic acid groups (broad SMARTS) is 1. The van der Waals surface area contributed by atoms with E-state index in [4.69, 9.17) is 28.0 Å². The number of rotatable bonds is 7. The normalized spacial score (nSPS) is 10.2. The molecular formula is C19H26N6O5. The first-order valence-electron chi connectivity index (χ1n) is 8.71. The second-order valence-electron chi connectivity index (χ2n) is 5.77. The van der Waals surface area contributed by atoms with Gasteiger partial charge < -0.3 is 28.0 Å². The predicted molar refractivity (Wildman–Crippen MR) is 115 cm³/mol. The number of benzene rings is 2. The third-order valence-corrected chi connectivity index (χ3v) is 3.32. The number of hydrogen-bond donors (Lipinski definition) is 5. The van der Waals surface area contributed by atoms with Crippen molar-refractivity contribution in [2.75, 3.05) is 12.3 Å². The zero-order valence-corrected chi connectivity index (χ0v) is 16.3. The van der Waals surface area contributed by atoms with Gasteiger partial charge >= 0.3 is 5.97 Å². The van der Waals surface area contributed by atoms with Gasteiger partial charge in [0.2, 0.25) is 0 Å². The molecule has 11 nitrogen and oxygen atoms in total. The quantitative estimate of drug-likeness (QED) is 0.0827. The summed E-state index contributed by atoms with van der Waals surface area (Å²) < 4.78 is 0. The molecule has 0 amide bonds. The van der Waals surface area contributed by atoms with Gasteiger partial charge in [-0.15, -0.1) is 0 Å². The minimum absolute atomic E-state index is 0.0129. The fraction of sp³-hybridized carbons (Fsp3) is 0.211. The molecule has 0 unspecified atom stereocenters. The number of hydrogen-bond acceptors (Lipinski definition) is 7. The molecule has 0 spiro atoms. The third-order valence-electron chi connectivity index (χ3n) is 3.32. The SMILES string of the molecule is NC(N)=NCCC[C@H](N)C(=O)O.Nc1ccc([N+](=O)[O-])cc1.O=Cc1ccccc1. The topological polar surface area (TPSA) is 214 Å². The Kier molecular flexibility index (Phi) is 13.0. The molecule has 11 heteroatoms. The van der Waals surface area contributed by atoms with Gasteiger partial charge in [-0.3, -0.25) is 24.7 Å². The number of nitrogen functional groups attached to an aromatic ring is 1. The third kappa shape index (κ3) is 13.2. The van der Waals surface area contributed by atoms with E-state index in [1.54, 1.807) is 12.1 Å². The number of carbonyl (C=O) groups excluding carboxylic acids is 1. The maximum atomic E-state index is 10.2. The van der Waals surface area contributed by atoms with Crippen LogP contribution < -0.4 is 22.9 Å². The number of aliphatic carboxylic acids is 1. The van der Waals surface area contributed by atoms with Crippen molar-refractivity contribution in [3.8, 4) is 0 Å². The summed E-state index contributed by atoms with van der Waals surface area (Å²) in [5.74, 6) is -0.987. The lowest BCUT2D eigenvalue weighted by Gasteiger charge is -2.03. The zero-order chi connectivity index (χ0) is 22.9. The fourth-order valence-electron chi connectivity index (χ4n) is 1.77. The molecule has 0 saturated carbocycles. The monoisotopic (exact) mass is 418 g/mol. The van der Waals surface area contributed by atoms with Crippen LogP contribution in [-0.2, 0) is 4.79 Å². The highest BCUT2D eigenvalue weighted by molar-refractivity contribution is 5.75. The summed E-state index contributed by atoms with van der Waals surface area (Å²) in [4.78, 5) is 33.5. The highest BCUT2D eigenvalue weighted by Crippen LogP contribution is 2.12. The molecule has 0 saturated heterocycles. The molecule has 0 aliphatic rings. The molecule has 0 heterocycles. The van der Waals surface area contributed by atoms with Gasteiger partial charge in [0.05, 0.1) is 4.92 Å². The number of nitro groups is 1. The number of guanidine groups is 1. The lowest BCUT2D eigenvalue weighted by molar-refractivity contribution is -0.384. The average Bonchev–Trinajstić information content (AvgIpc) is 2.72. The first-order valence-corrected chi connectivity index (χ1v) is 8.71. The van der Waals surface area contributed by atoms with Crippen LogP contribution in [0.1, 0.15) is 23.2 Å². The Morgan fingerprint density at radius 2 is 1.70 bits per heavy atom. The molecule has 30 heavy (non-hydrogen) atoms. The van der Waals surface area contributed by atoms with Crippen LogP contribution in [0.3, 0.4) is 0 Å². The van der Waals surface area contributed by atoms with E-state index in [0.29, 0.717) is 25.1 Å². The summed E-state index contributed by atoms with van der Waals surface area (Å²) >= 11 is 0. The largest absolute Gasteiger partial charge is 0.480 e. The van der Waals surface area contributed by atoms with Crippen molar-refractivity contribution < 1.29 is 19.6 Å². The number of non-ortho nitro benzene ring substituents is 1. The van der Waals surface area contributed by atoms with Crippen LogP contribution in [0.5, 0.6) is 0 Å². The molecule has 2 aromatic carbocycles. The van der Waals surface area contributed by atoms with E-state index >= 15 is 0 Å². The van der Waals surface area contributed by atoms with E-state index in [-0.39, 0.29) is 11.6 Å². The lowest BCUT2D eigenvalue weighted by Crippen LogP contribution is -2.30.